The Balaban J connectivity index is 1.14. The van der Waals surface area contributed by atoms with Crippen molar-refractivity contribution >= 4 is 55.5 Å². The van der Waals surface area contributed by atoms with E-state index in [4.69, 9.17) is 19.4 Å². The van der Waals surface area contributed by atoms with Crippen LogP contribution < -0.4 is 9.47 Å². The molecule has 12 nitrogen and oxygen atoms in total. The van der Waals surface area contributed by atoms with Crippen LogP contribution >= 0.6 is 11.3 Å². The summed E-state index contributed by atoms with van der Waals surface area (Å²) >= 11 is 1.47. The monoisotopic (exact) mass is 908 g/mol. The highest BCUT2D eigenvalue weighted by Crippen LogP contribution is 2.58. The Kier molecular flexibility index (Phi) is 12.9. The highest BCUT2D eigenvalue weighted by molar-refractivity contribution is 7.93. The van der Waals surface area contributed by atoms with E-state index < -0.39 is 74.4 Å². The van der Waals surface area contributed by atoms with Gasteiger partial charge in [-0.1, -0.05) is 38.8 Å². The number of sulfone groups is 1. The Labute approximate surface area is 372 Å². The first-order valence-corrected chi connectivity index (χ1v) is 25.1. The fraction of sp³-hybridized carbons (Fsp3) is 0.617. The molecule has 0 unspecified atom stereocenters. The Morgan fingerprint density at radius 3 is 2.56 bits per heavy atom. The number of thiazole rings is 1. The SMILES string of the molecule is COc1ccc2c(O[C@@H]3C[C@H]4C(=O)C[C@]5(C(=O)CS(=O)(=O)C6CC6)C[C@H]5/C=C\CCCCC[C@H](CC(=O)N5CCCC(F)(F)C5)C(=O)N4C3)cc(-c3nc(C(C)C)cs3)nc2c1C. The van der Waals surface area contributed by atoms with Crippen molar-refractivity contribution in [2.45, 2.75) is 133 Å². The number of halogens is 2. The van der Waals surface area contributed by atoms with E-state index in [9.17, 15) is 36.4 Å². The molecule has 2 aliphatic carbocycles. The second-order valence-electron chi connectivity index (χ2n) is 18.8. The first-order valence-electron chi connectivity index (χ1n) is 22.5. The fourth-order valence-corrected chi connectivity index (χ4v) is 12.4. The van der Waals surface area contributed by atoms with Crippen LogP contribution in [0, 0.1) is 24.2 Å². The zero-order valence-corrected chi connectivity index (χ0v) is 38.2. The molecule has 0 spiro atoms. The molecule has 63 heavy (non-hydrogen) atoms. The number of amides is 2. The molecule has 4 fully saturated rings. The molecular formula is C47H58F2N4O8S2. The molecule has 1 aromatic carbocycles. The summed E-state index contributed by atoms with van der Waals surface area (Å²) in [4.78, 5) is 70.1. The lowest BCUT2D eigenvalue weighted by Crippen LogP contribution is -2.48. The molecule has 0 N–H and O–H groups in total. The number of ether oxygens (including phenoxy) is 2. The Hall–Kier alpha value is -4.31. The first-order chi connectivity index (χ1) is 30.0. The number of likely N-dealkylation sites (tertiary alicyclic amines) is 1. The molecule has 16 heteroatoms. The molecule has 2 amide bonds. The van der Waals surface area contributed by atoms with Gasteiger partial charge in [0.2, 0.25) is 11.8 Å². The van der Waals surface area contributed by atoms with Gasteiger partial charge in [0.05, 0.1) is 42.7 Å². The van der Waals surface area contributed by atoms with E-state index in [1.54, 1.807) is 7.11 Å². The quantitative estimate of drug-likeness (QED) is 0.173. The maximum absolute atomic E-state index is 15.0. The average molecular weight is 909 g/mol. The molecule has 8 rings (SSSR count). The van der Waals surface area contributed by atoms with Crippen molar-refractivity contribution < 1.29 is 45.9 Å². The topological polar surface area (TPSA) is 153 Å². The van der Waals surface area contributed by atoms with Crippen molar-refractivity contribution in [2.24, 2.45) is 17.3 Å². The number of rotatable bonds is 11. The number of ketones is 2. The maximum atomic E-state index is 15.0. The summed E-state index contributed by atoms with van der Waals surface area (Å²) in [5.74, 6) is -5.28. The summed E-state index contributed by atoms with van der Waals surface area (Å²) in [6, 6.07) is 4.47. The highest BCUT2D eigenvalue weighted by atomic mass is 32.2. The van der Waals surface area contributed by atoms with Gasteiger partial charge in [0, 0.05) is 66.0 Å². The molecule has 3 aliphatic heterocycles. The minimum atomic E-state index is -3.66. The second kappa shape index (κ2) is 17.9. The number of allylic oxidation sites excluding steroid dienone is 2. The predicted molar refractivity (Wildman–Crippen MR) is 236 cm³/mol. The number of Topliss-reactive ketones (excluding diaryl/α,β-unsaturated/α-hetero) is 2. The number of hydrogen-bond donors (Lipinski definition) is 0. The first kappa shape index (κ1) is 45.3. The number of nitrogens with zero attached hydrogens (tertiary/aromatic N) is 4. The summed E-state index contributed by atoms with van der Waals surface area (Å²) in [6.45, 7) is 5.52. The lowest BCUT2D eigenvalue weighted by molar-refractivity contribution is -0.148. The summed E-state index contributed by atoms with van der Waals surface area (Å²) < 4.78 is 67.7. The summed E-state index contributed by atoms with van der Waals surface area (Å²) in [7, 11) is -2.07. The molecule has 340 valence electrons. The second-order valence-corrected chi connectivity index (χ2v) is 21.9. The van der Waals surface area contributed by atoms with Crippen LogP contribution in [0.5, 0.6) is 11.5 Å². The fourth-order valence-electron chi connectivity index (χ4n) is 9.75. The Morgan fingerprint density at radius 1 is 1.05 bits per heavy atom. The van der Waals surface area contributed by atoms with Gasteiger partial charge in [-0.05, 0) is 75.8 Å². The number of alkyl halides is 2. The molecule has 5 aliphatic rings. The minimum absolute atomic E-state index is 0.00884. The smallest absolute Gasteiger partial charge is 0.265 e. The normalized spacial score (nSPS) is 27.3. The number of piperidine rings is 1. The van der Waals surface area contributed by atoms with E-state index in [-0.39, 0.29) is 62.8 Å². The lowest BCUT2D eigenvalue weighted by Gasteiger charge is -2.34. The zero-order chi connectivity index (χ0) is 44.8. The zero-order valence-electron chi connectivity index (χ0n) is 36.6. The van der Waals surface area contributed by atoms with Gasteiger partial charge in [-0.25, -0.2) is 27.2 Å². The number of aromatic nitrogens is 2. The lowest BCUT2D eigenvalue weighted by atomic mass is 9.88. The largest absolute Gasteiger partial charge is 0.496 e. The molecule has 3 aromatic rings. The third-order valence-electron chi connectivity index (χ3n) is 13.8. The van der Waals surface area contributed by atoms with Crippen molar-refractivity contribution in [1.82, 2.24) is 19.8 Å². The van der Waals surface area contributed by atoms with Crippen LogP contribution in [0.25, 0.3) is 21.6 Å². The van der Waals surface area contributed by atoms with Gasteiger partial charge in [-0.3, -0.25) is 19.2 Å². The molecule has 5 atom stereocenters. The van der Waals surface area contributed by atoms with Crippen LogP contribution in [0.4, 0.5) is 8.78 Å². The molecule has 2 saturated heterocycles. The van der Waals surface area contributed by atoms with E-state index >= 15 is 0 Å². The van der Waals surface area contributed by atoms with Crippen LogP contribution in [0.2, 0.25) is 0 Å². The maximum Gasteiger partial charge on any atom is 0.265 e. The minimum Gasteiger partial charge on any atom is -0.496 e. The molecule has 5 heterocycles. The number of benzene rings is 1. The summed E-state index contributed by atoms with van der Waals surface area (Å²) in [5, 5.41) is 2.86. The van der Waals surface area contributed by atoms with E-state index in [0.717, 1.165) is 29.0 Å². The van der Waals surface area contributed by atoms with Crippen molar-refractivity contribution in [1.29, 1.82) is 0 Å². The van der Waals surface area contributed by atoms with Gasteiger partial charge in [0.15, 0.2) is 21.4 Å². The molecule has 0 bridgehead atoms. The van der Waals surface area contributed by atoms with Crippen molar-refractivity contribution in [2.75, 3.05) is 32.5 Å². The number of fused-ring (bicyclic) bond motifs is 3. The van der Waals surface area contributed by atoms with Crippen molar-refractivity contribution in [3.05, 3.63) is 47.0 Å². The molecule has 2 saturated carbocycles. The predicted octanol–water partition coefficient (Wildman–Crippen LogP) is 8.04. The van der Waals surface area contributed by atoms with Crippen LogP contribution in [0.1, 0.15) is 114 Å². The van der Waals surface area contributed by atoms with Crippen LogP contribution in [0.3, 0.4) is 0 Å². The van der Waals surface area contributed by atoms with E-state index in [1.165, 1.54) is 16.2 Å². The number of carbonyl (C=O) groups is 4. The van der Waals surface area contributed by atoms with E-state index in [2.05, 4.69) is 13.8 Å². The number of pyridine rings is 1. The third kappa shape index (κ3) is 9.72. The Bertz CT molecular complexity index is 2420. The van der Waals surface area contributed by atoms with E-state index in [1.807, 2.05) is 42.7 Å². The van der Waals surface area contributed by atoms with Gasteiger partial charge in [-0.2, -0.15) is 0 Å². The summed E-state index contributed by atoms with van der Waals surface area (Å²) in [6.07, 6.45) is 7.22. The van der Waals surface area contributed by atoms with E-state index in [0.29, 0.717) is 71.6 Å². The molecule has 0 radical (unpaired) electrons. The number of methoxy groups -OCH3 is 1. The highest BCUT2D eigenvalue weighted by Gasteiger charge is 2.61. The van der Waals surface area contributed by atoms with Crippen LogP contribution in [0.15, 0.2) is 35.7 Å². The van der Waals surface area contributed by atoms with Crippen molar-refractivity contribution in [3.63, 3.8) is 0 Å². The number of aryl methyl sites for hydroxylation is 1. The van der Waals surface area contributed by atoms with Crippen molar-refractivity contribution in [3.8, 4) is 22.2 Å². The number of hydrogen-bond acceptors (Lipinski definition) is 11. The molecular weight excluding hydrogens is 851 g/mol. The van der Waals surface area contributed by atoms with Gasteiger partial charge in [0.25, 0.3) is 5.92 Å². The standard InChI is InChI=1S/C47H58F2N4O8S2/c1-28(2)36-25-62-44(51-36)35-21-40(34-15-16-39(60-4)29(3)43(34)50-35)61-32-20-37-38(54)23-46(41(55)26-63(58,59)33-13-14-33)22-31(46)12-9-7-5-6-8-11-30(45(57)53(37)24-32)19-42(56)52-18-10-17-47(48,49)27-52/h9,12,15-16,21,25,28,30-33,37H,5-8,10-11,13-14,17-20,22-24,26-27H2,1-4H3/b12-9-/t30-,31-,32-,37+,46-/m1/s1. The average Bonchev–Trinajstić information content (AvgIpc) is 4.11. The van der Waals surface area contributed by atoms with Gasteiger partial charge in [-0.15, -0.1) is 11.3 Å². The van der Waals surface area contributed by atoms with Gasteiger partial charge in [0.1, 0.15) is 34.1 Å². The molecule has 2 aromatic heterocycles. The van der Waals surface area contributed by atoms with Gasteiger partial charge >= 0.3 is 0 Å². The number of carbonyl (C=O) groups excluding carboxylic acids is 4. The van der Waals surface area contributed by atoms with Crippen LogP contribution in [-0.4, -0.2) is 107 Å². The Morgan fingerprint density at radius 2 is 1.84 bits per heavy atom. The van der Waals surface area contributed by atoms with Gasteiger partial charge < -0.3 is 19.3 Å². The third-order valence-corrected chi connectivity index (χ3v) is 16.8. The van der Waals surface area contributed by atoms with Crippen LogP contribution in [-0.2, 0) is 29.0 Å². The summed E-state index contributed by atoms with van der Waals surface area (Å²) in [5.41, 5.74) is 1.74.